The van der Waals surface area contributed by atoms with Crippen molar-refractivity contribution in [3.05, 3.63) is 28.2 Å². The highest BCUT2D eigenvalue weighted by Crippen LogP contribution is 2.33. The van der Waals surface area contributed by atoms with Gasteiger partial charge in [0.05, 0.1) is 4.47 Å². The molecule has 2 nitrogen and oxygen atoms in total. The van der Waals surface area contributed by atoms with Gasteiger partial charge in [-0.1, -0.05) is 12.1 Å². The predicted octanol–water partition coefficient (Wildman–Crippen LogP) is 2.61. The number of nitrogens with one attached hydrogen (secondary N) is 1. The van der Waals surface area contributed by atoms with E-state index in [0.29, 0.717) is 0 Å². The lowest BCUT2D eigenvalue weighted by Gasteiger charge is -2.26. The van der Waals surface area contributed by atoms with Crippen LogP contribution in [0.1, 0.15) is 19.4 Å². The Morgan fingerprint density at radius 2 is 2.00 bits per heavy atom. The van der Waals surface area contributed by atoms with Crippen molar-refractivity contribution in [2.45, 2.75) is 19.4 Å². The second-order valence-electron chi connectivity index (χ2n) is 3.51. The van der Waals surface area contributed by atoms with Crippen LogP contribution in [0.25, 0.3) is 0 Å². The molecule has 2 N–H and O–H groups in total. The Labute approximate surface area is 87.1 Å². The Morgan fingerprint density at radius 1 is 1.38 bits per heavy atom. The smallest absolute Gasteiger partial charge is 0.130 e. The van der Waals surface area contributed by atoms with Crippen molar-refractivity contribution in [2.75, 3.05) is 7.05 Å². The van der Waals surface area contributed by atoms with E-state index in [2.05, 4.69) is 35.1 Å². The van der Waals surface area contributed by atoms with Crippen LogP contribution in [0.4, 0.5) is 0 Å². The molecule has 0 saturated heterocycles. The number of rotatable bonds is 2. The number of benzene rings is 1. The first-order valence-corrected chi connectivity index (χ1v) is 4.95. The largest absolute Gasteiger partial charge is 0.507 e. The maximum Gasteiger partial charge on any atom is 0.130 e. The summed E-state index contributed by atoms with van der Waals surface area (Å²) in [6.45, 7) is 4.12. The van der Waals surface area contributed by atoms with Crippen molar-refractivity contribution >= 4 is 15.9 Å². The molecule has 72 valence electrons. The summed E-state index contributed by atoms with van der Waals surface area (Å²) in [5.74, 6) is 0.279. The Morgan fingerprint density at radius 3 is 2.54 bits per heavy atom. The molecule has 1 aromatic rings. The molecule has 0 bridgehead atoms. The van der Waals surface area contributed by atoms with Crippen molar-refractivity contribution in [2.24, 2.45) is 0 Å². The minimum absolute atomic E-state index is 0.141. The number of hydrogen-bond acceptors (Lipinski definition) is 2. The molecule has 0 atom stereocenters. The third kappa shape index (κ3) is 2.03. The second-order valence-corrected chi connectivity index (χ2v) is 4.31. The average Bonchev–Trinajstić information content (AvgIpc) is 2.09. The van der Waals surface area contributed by atoms with Crippen molar-refractivity contribution in [3.63, 3.8) is 0 Å². The molecule has 13 heavy (non-hydrogen) atoms. The molecule has 3 heteroatoms. The van der Waals surface area contributed by atoms with E-state index in [-0.39, 0.29) is 11.3 Å². The maximum atomic E-state index is 9.48. The van der Waals surface area contributed by atoms with Gasteiger partial charge in [0.1, 0.15) is 5.75 Å². The lowest BCUT2D eigenvalue weighted by molar-refractivity contribution is 0.431. The highest BCUT2D eigenvalue weighted by atomic mass is 79.9. The number of aromatic hydroxyl groups is 1. The monoisotopic (exact) mass is 243 g/mol. The molecular formula is C10H14BrNO. The highest BCUT2D eigenvalue weighted by molar-refractivity contribution is 9.10. The summed E-state index contributed by atoms with van der Waals surface area (Å²) in [7, 11) is 1.90. The molecule has 0 aliphatic heterocycles. The van der Waals surface area contributed by atoms with E-state index in [1.54, 1.807) is 6.07 Å². The van der Waals surface area contributed by atoms with E-state index in [1.165, 1.54) is 0 Å². The SMILES string of the molecule is CNC(C)(C)c1cccc(O)c1Br. The minimum atomic E-state index is -0.141. The van der Waals surface area contributed by atoms with Gasteiger partial charge in [-0.15, -0.1) is 0 Å². The fraction of sp³-hybridized carbons (Fsp3) is 0.400. The minimum Gasteiger partial charge on any atom is -0.507 e. The quantitative estimate of drug-likeness (QED) is 0.838. The van der Waals surface area contributed by atoms with Crippen LogP contribution in [0.3, 0.4) is 0 Å². The molecule has 0 amide bonds. The molecule has 0 aliphatic carbocycles. The van der Waals surface area contributed by atoms with E-state index in [0.717, 1.165) is 10.0 Å². The standard InChI is InChI=1S/C10H14BrNO/c1-10(2,12-3)7-5-4-6-8(13)9(7)11/h4-6,12-13H,1-3H3. The first-order valence-electron chi connectivity index (χ1n) is 4.16. The molecule has 1 aromatic carbocycles. The van der Waals surface area contributed by atoms with Gasteiger partial charge in [-0.05, 0) is 48.5 Å². The van der Waals surface area contributed by atoms with E-state index in [4.69, 9.17) is 0 Å². The van der Waals surface area contributed by atoms with Crippen LogP contribution in [0.5, 0.6) is 5.75 Å². The Bertz CT molecular complexity index is 310. The van der Waals surface area contributed by atoms with Crippen molar-refractivity contribution < 1.29 is 5.11 Å². The molecule has 0 aromatic heterocycles. The zero-order valence-electron chi connectivity index (χ0n) is 8.06. The molecule has 0 saturated carbocycles. The molecular weight excluding hydrogens is 230 g/mol. The summed E-state index contributed by atoms with van der Waals surface area (Å²) in [5, 5.41) is 12.7. The van der Waals surface area contributed by atoms with Gasteiger partial charge in [-0.3, -0.25) is 0 Å². The molecule has 1 rings (SSSR count). The van der Waals surface area contributed by atoms with Crippen LogP contribution >= 0.6 is 15.9 Å². The predicted molar refractivity (Wildman–Crippen MR) is 57.9 cm³/mol. The molecule has 0 heterocycles. The third-order valence-corrected chi connectivity index (χ3v) is 3.11. The zero-order chi connectivity index (χ0) is 10.1. The van der Waals surface area contributed by atoms with Crippen molar-refractivity contribution in [1.29, 1.82) is 0 Å². The topological polar surface area (TPSA) is 32.3 Å². The van der Waals surface area contributed by atoms with E-state index in [1.807, 2.05) is 19.2 Å². The lowest BCUT2D eigenvalue weighted by atomic mass is 9.94. The van der Waals surface area contributed by atoms with Gasteiger partial charge in [0, 0.05) is 5.54 Å². The summed E-state index contributed by atoms with van der Waals surface area (Å²) >= 11 is 3.37. The maximum absolute atomic E-state index is 9.48. The van der Waals surface area contributed by atoms with E-state index in [9.17, 15) is 5.11 Å². The highest BCUT2D eigenvalue weighted by Gasteiger charge is 2.21. The summed E-state index contributed by atoms with van der Waals surface area (Å²) in [6, 6.07) is 5.49. The first-order chi connectivity index (χ1) is 5.99. The molecule has 0 aliphatic rings. The van der Waals surface area contributed by atoms with E-state index >= 15 is 0 Å². The third-order valence-electron chi connectivity index (χ3n) is 2.28. The molecule has 0 fully saturated rings. The summed E-state index contributed by atoms with van der Waals surface area (Å²) < 4.78 is 0.759. The molecule has 0 unspecified atom stereocenters. The average molecular weight is 244 g/mol. The second kappa shape index (κ2) is 3.68. The van der Waals surface area contributed by atoms with Gasteiger partial charge >= 0.3 is 0 Å². The Hall–Kier alpha value is -0.540. The molecule has 0 spiro atoms. The van der Waals surface area contributed by atoms with Gasteiger partial charge in [0.25, 0.3) is 0 Å². The Kier molecular flexibility index (Phi) is 2.98. The van der Waals surface area contributed by atoms with Crippen LogP contribution in [0.2, 0.25) is 0 Å². The van der Waals surface area contributed by atoms with Gasteiger partial charge in [-0.2, -0.15) is 0 Å². The summed E-state index contributed by atoms with van der Waals surface area (Å²) in [4.78, 5) is 0. The van der Waals surface area contributed by atoms with Crippen LogP contribution in [-0.2, 0) is 5.54 Å². The van der Waals surface area contributed by atoms with E-state index < -0.39 is 0 Å². The molecule has 0 radical (unpaired) electrons. The number of phenolic OH excluding ortho intramolecular Hbond substituents is 1. The van der Waals surface area contributed by atoms with Crippen molar-refractivity contribution in [3.8, 4) is 5.75 Å². The normalized spacial score (nSPS) is 11.7. The summed E-state index contributed by atoms with van der Waals surface area (Å²) in [6.07, 6.45) is 0. The zero-order valence-corrected chi connectivity index (χ0v) is 9.64. The van der Waals surface area contributed by atoms with Gasteiger partial charge < -0.3 is 10.4 Å². The summed E-state index contributed by atoms with van der Waals surface area (Å²) in [5.41, 5.74) is 0.910. The van der Waals surface area contributed by atoms with Crippen LogP contribution in [0.15, 0.2) is 22.7 Å². The Balaban J connectivity index is 3.22. The van der Waals surface area contributed by atoms with Gasteiger partial charge in [-0.25, -0.2) is 0 Å². The lowest BCUT2D eigenvalue weighted by Crippen LogP contribution is -2.33. The fourth-order valence-electron chi connectivity index (χ4n) is 1.14. The van der Waals surface area contributed by atoms with Crippen LogP contribution < -0.4 is 5.32 Å². The van der Waals surface area contributed by atoms with Crippen LogP contribution in [-0.4, -0.2) is 12.2 Å². The first kappa shape index (κ1) is 10.5. The van der Waals surface area contributed by atoms with Gasteiger partial charge in [0.2, 0.25) is 0 Å². The van der Waals surface area contributed by atoms with Gasteiger partial charge in [0.15, 0.2) is 0 Å². The number of halogens is 1. The fourth-order valence-corrected chi connectivity index (χ4v) is 1.90. The van der Waals surface area contributed by atoms with Crippen molar-refractivity contribution in [1.82, 2.24) is 5.32 Å². The number of hydrogen-bond donors (Lipinski definition) is 2. The number of phenols is 1. The van der Waals surface area contributed by atoms with Crippen LogP contribution in [0, 0.1) is 0 Å².